The van der Waals surface area contributed by atoms with Crippen molar-refractivity contribution in [2.75, 3.05) is 19.6 Å². The van der Waals surface area contributed by atoms with Gasteiger partial charge in [0.2, 0.25) is 0 Å². The molecule has 0 saturated carbocycles. The molecule has 2 unspecified atom stereocenters. The van der Waals surface area contributed by atoms with Gasteiger partial charge in [0.25, 0.3) is 0 Å². The molecule has 0 spiro atoms. The van der Waals surface area contributed by atoms with E-state index in [9.17, 15) is 0 Å². The third kappa shape index (κ3) is 4.00. The van der Waals surface area contributed by atoms with E-state index in [1.54, 1.807) is 0 Å². The van der Waals surface area contributed by atoms with Crippen molar-refractivity contribution < 1.29 is 0 Å². The van der Waals surface area contributed by atoms with Gasteiger partial charge in [-0.05, 0) is 24.8 Å². The third-order valence-corrected chi connectivity index (χ3v) is 3.64. The lowest BCUT2D eigenvalue weighted by Crippen LogP contribution is -2.21. The average Bonchev–Trinajstić information content (AvgIpc) is 2.46. The maximum absolute atomic E-state index is 2.65. The predicted octanol–water partition coefficient (Wildman–Crippen LogP) is 3.54. The molecule has 1 heterocycles. The van der Waals surface area contributed by atoms with E-state index in [4.69, 9.17) is 0 Å². The lowest BCUT2D eigenvalue weighted by molar-refractivity contribution is 0.314. The molecule has 0 aromatic carbocycles. The number of unbranched alkanes of at least 4 members (excludes halogenated alkanes) is 4. The van der Waals surface area contributed by atoms with Crippen LogP contribution in [0.3, 0.4) is 0 Å². The first-order valence-electron chi connectivity index (χ1n) is 6.46. The van der Waals surface area contributed by atoms with E-state index in [0.717, 1.165) is 11.8 Å². The van der Waals surface area contributed by atoms with E-state index < -0.39 is 0 Å². The Morgan fingerprint density at radius 1 is 0.929 bits per heavy atom. The van der Waals surface area contributed by atoms with Gasteiger partial charge in [-0.2, -0.15) is 0 Å². The first kappa shape index (κ1) is 12.0. The minimum absolute atomic E-state index is 0.922. The molecule has 0 aromatic rings. The van der Waals surface area contributed by atoms with Crippen LogP contribution in [0.2, 0.25) is 0 Å². The van der Waals surface area contributed by atoms with Gasteiger partial charge in [-0.15, -0.1) is 0 Å². The van der Waals surface area contributed by atoms with Crippen LogP contribution < -0.4 is 0 Å². The Hall–Kier alpha value is -0.0400. The van der Waals surface area contributed by atoms with Crippen LogP contribution in [0, 0.1) is 11.8 Å². The van der Waals surface area contributed by atoms with Crippen molar-refractivity contribution in [2.24, 2.45) is 11.8 Å². The van der Waals surface area contributed by atoms with Crippen molar-refractivity contribution in [1.29, 1.82) is 0 Å². The second kappa shape index (κ2) is 6.44. The van der Waals surface area contributed by atoms with E-state index in [0.29, 0.717) is 0 Å². The summed E-state index contributed by atoms with van der Waals surface area (Å²) in [6, 6.07) is 0. The molecule has 14 heavy (non-hydrogen) atoms. The molecule has 1 rings (SSSR count). The highest BCUT2D eigenvalue weighted by Gasteiger charge is 2.24. The molecule has 1 nitrogen and oxygen atoms in total. The maximum atomic E-state index is 2.65. The summed E-state index contributed by atoms with van der Waals surface area (Å²) in [5.74, 6) is 1.84. The lowest BCUT2D eigenvalue weighted by atomic mass is 10.0. The topological polar surface area (TPSA) is 3.24 Å². The number of nitrogens with zero attached hydrogens (tertiary/aromatic N) is 1. The monoisotopic (exact) mass is 197 g/mol. The molecule has 1 fully saturated rings. The predicted molar refractivity (Wildman–Crippen MR) is 63.5 cm³/mol. The van der Waals surface area contributed by atoms with Gasteiger partial charge < -0.3 is 4.90 Å². The summed E-state index contributed by atoms with van der Waals surface area (Å²) in [6.45, 7) is 11.1. The van der Waals surface area contributed by atoms with Gasteiger partial charge in [0.15, 0.2) is 0 Å². The number of likely N-dealkylation sites (tertiary alicyclic amines) is 1. The molecule has 0 N–H and O–H groups in total. The Labute approximate surface area is 89.9 Å². The highest BCUT2D eigenvalue weighted by molar-refractivity contribution is 4.78. The molecule has 84 valence electrons. The molecule has 0 aliphatic carbocycles. The van der Waals surface area contributed by atoms with E-state index in [1.165, 1.54) is 51.7 Å². The minimum Gasteiger partial charge on any atom is -0.303 e. The molecule has 0 aromatic heterocycles. The lowest BCUT2D eigenvalue weighted by Gasteiger charge is -2.14. The Morgan fingerprint density at radius 2 is 1.50 bits per heavy atom. The van der Waals surface area contributed by atoms with E-state index >= 15 is 0 Å². The molecule has 0 bridgehead atoms. The quantitative estimate of drug-likeness (QED) is 0.589. The summed E-state index contributed by atoms with van der Waals surface area (Å²) in [6.07, 6.45) is 7.08. The Balaban J connectivity index is 1.97. The Morgan fingerprint density at radius 3 is 2.07 bits per heavy atom. The van der Waals surface area contributed by atoms with Crippen LogP contribution in [0.4, 0.5) is 0 Å². The first-order chi connectivity index (χ1) is 6.74. The van der Waals surface area contributed by atoms with Crippen LogP contribution in [0.5, 0.6) is 0 Å². The van der Waals surface area contributed by atoms with Gasteiger partial charge in [0, 0.05) is 13.1 Å². The van der Waals surface area contributed by atoms with Gasteiger partial charge in [0.05, 0.1) is 0 Å². The van der Waals surface area contributed by atoms with Gasteiger partial charge in [-0.25, -0.2) is 0 Å². The molecule has 0 radical (unpaired) electrons. The van der Waals surface area contributed by atoms with Crippen LogP contribution in [-0.4, -0.2) is 24.5 Å². The van der Waals surface area contributed by atoms with Gasteiger partial charge in [0.1, 0.15) is 0 Å². The van der Waals surface area contributed by atoms with E-state index in [1.807, 2.05) is 0 Å². The van der Waals surface area contributed by atoms with Gasteiger partial charge >= 0.3 is 0 Å². The van der Waals surface area contributed by atoms with Crippen molar-refractivity contribution in [3.63, 3.8) is 0 Å². The fourth-order valence-corrected chi connectivity index (χ4v) is 2.37. The molecule has 1 aliphatic heterocycles. The van der Waals surface area contributed by atoms with E-state index in [-0.39, 0.29) is 0 Å². The van der Waals surface area contributed by atoms with Crippen molar-refractivity contribution in [1.82, 2.24) is 4.90 Å². The highest BCUT2D eigenvalue weighted by Crippen LogP contribution is 2.22. The highest BCUT2D eigenvalue weighted by atomic mass is 15.1. The number of rotatable bonds is 6. The fraction of sp³-hybridized carbons (Fsp3) is 1.00. The Bertz CT molecular complexity index is 134. The average molecular weight is 197 g/mol. The molecule has 0 amide bonds. The Kier molecular flexibility index (Phi) is 5.54. The van der Waals surface area contributed by atoms with Gasteiger partial charge in [-0.1, -0.05) is 46.5 Å². The van der Waals surface area contributed by atoms with Crippen molar-refractivity contribution >= 4 is 0 Å². The van der Waals surface area contributed by atoms with Crippen LogP contribution >= 0.6 is 0 Å². The summed E-state index contributed by atoms with van der Waals surface area (Å²) < 4.78 is 0. The molecule has 1 saturated heterocycles. The van der Waals surface area contributed by atoms with Crippen molar-refractivity contribution in [3.8, 4) is 0 Å². The van der Waals surface area contributed by atoms with Gasteiger partial charge in [-0.3, -0.25) is 0 Å². The zero-order valence-corrected chi connectivity index (χ0v) is 10.3. The summed E-state index contributed by atoms with van der Waals surface area (Å²) in [5.41, 5.74) is 0. The second-order valence-corrected chi connectivity index (χ2v) is 5.13. The second-order valence-electron chi connectivity index (χ2n) is 5.13. The number of hydrogen-bond acceptors (Lipinski definition) is 1. The van der Waals surface area contributed by atoms with Crippen LogP contribution in [-0.2, 0) is 0 Å². The van der Waals surface area contributed by atoms with Crippen molar-refractivity contribution in [2.45, 2.75) is 52.9 Å². The zero-order valence-electron chi connectivity index (χ0n) is 10.3. The summed E-state index contributed by atoms with van der Waals surface area (Å²) in [7, 11) is 0. The molecule has 1 aliphatic rings. The number of hydrogen-bond donors (Lipinski definition) is 0. The summed E-state index contributed by atoms with van der Waals surface area (Å²) in [5, 5.41) is 0. The van der Waals surface area contributed by atoms with E-state index in [2.05, 4.69) is 25.7 Å². The molecular weight excluding hydrogens is 170 g/mol. The summed E-state index contributed by atoms with van der Waals surface area (Å²) >= 11 is 0. The van der Waals surface area contributed by atoms with Crippen molar-refractivity contribution in [3.05, 3.63) is 0 Å². The smallest absolute Gasteiger partial charge is 0.00102 e. The molecule has 2 atom stereocenters. The van der Waals surface area contributed by atoms with Crippen LogP contribution in [0.15, 0.2) is 0 Å². The first-order valence-corrected chi connectivity index (χ1v) is 6.46. The SMILES string of the molecule is CCCCCCCN1CC(C)C(C)C1. The molecular formula is C13H27N. The minimum atomic E-state index is 0.922. The van der Waals surface area contributed by atoms with Crippen LogP contribution in [0.25, 0.3) is 0 Å². The van der Waals surface area contributed by atoms with Crippen LogP contribution in [0.1, 0.15) is 52.9 Å². The third-order valence-electron chi connectivity index (χ3n) is 3.64. The summed E-state index contributed by atoms with van der Waals surface area (Å²) in [4.78, 5) is 2.65. The maximum Gasteiger partial charge on any atom is 0.00102 e. The fourth-order valence-electron chi connectivity index (χ4n) is 2.37. The normalized spacial score (nSPS) is 28.5. The molecule has 1 heteroatoms. The largest absolute Gasteiger partial charge is 0.303 e. The standard InChI is InChI=1S/C13H27N/c1-4-5-6-7-8-9-14-10-12(2)13(3)11-14/h12-13H,4-11H2,1-3H3. The zero-order chi connectivity index (χ0) is 10.4.